The standard InChI is InChI=1S/C26H23ClN4O2S/c1-17-8-10-18(11-9-17)15-28-25(33)26(2)16-30-22(14-21(29-30)23-7-4-12-34-23)24(32)31(26)20-6-3-5-19(27)13-20/h3-14H,15-16H2,1-2H3,(H,28,33). The molecule has 0 bridgehead atoms. The maximum atomic E-state index is 13.8. The van der Waals surface area contributed by atoms with E-state index < -0.39 is 5.54 Å². The van der Waals surface area contributed by atoms with Crippen LogP contribution >= 0.6 is 22.9 Å². The van der Waals surface area contributed by atoms with Crippen molar-refractivity contribution < 1.29 is 9.59 Å². The molecule has 34 heavy (non-hydrogen) atoms. The molecule has 0 fully saturated rings. The van der Waals surface area contributed by atoms with Crippen LogP contribution in [0.3, 0.4) is 0 Å². The lowest BCUT2D eigenvalue weighted by atomic mass is 9.93. The van der Waals surface area contributed by atoms with E-state index in [9.17, 15) is 9.59 Å². The fraction of sp³-hybridized carbons (Fsp3) is 0.192. The normalized spacial score (nSPS) is 17.5. The number of hydrogen-bond donors (Lipinski definition) is 1. The zero-order valence-corrected chi connectivity index (χ0v) is 20.4. The minimum absolute atomic E-state index is 0.214. The monoisotopic (exact) mass is 490 g/mol. The number of carbonyl (C=O) groups is 2. The van der Waals surface area contributed by atoms with E-state index in [0.29, 0.717) is 28.6 Å². The van der Waals surface area contributed by atoms with E-state index in [1.165, 1.54) is 0 Å². The molecule has 0 radical (unpaired) electrons. The number of aromatic nitrogens is 2. The Kier molecular flexibility index (Phi) is 5.75. The van der Waals surface area contributed by atoms with Crippen LogP contribution in [0.4, 0.5) is 5.69 Å². The Hall–Kier alpha value is -3.42. The van der Waals surface area contributed by atoms with Gasteiger partial charge in [0.25, 0.3) is 5.91 Å². The molecule has 1 unspecified atom stereocenters. The van der Waals surface area contributed by atoms with Gasteiger partial charge in [-0.2, -0.15) is 5.10 Å². The highest BCUT2D eigenvalue weighted by molar-refractivity contribution is 7.13. The van der Waals surface area contributed by atoms with Crippen LogP contribution in [0.2, 0.25) is 5.02 Å². The number of amides is 2. The minimum Gasteiger partial charge on any atom is -0.350 e. The number of fused-ring (bicyclic) bond motifs is 1. The molecule has 1 aliphatic rings. The number of carbonyl (C=O) groups excluding carboxylic acids is 2. The molecular formula is C26H23ClN4O2S. The van der Waals surface area contributed by atoms with Gasteiger partial charge < -0.3 is 5.32 Å². The summed E-state index contributed by atoms with van der Waals surface area (Å²) in [5.74, 6) is -0.558. The number of thiophene rings is 1. The number of halogens is 1. The summed E-state index contributed by atoms with van der Waals surface area (Å²) in [6.07, 6.45) is 0. The summed E-state index contributed by atoms with van der Waals surface area (Å²) < 4.78 is 1.64. The molecule has 1 aliphatic heterocycles. The molecule has 172 valence electrons. The van der Waals surface area contributed by atoms with Crippen molar-refractivity contribution in [2.45, 2.75) is 32.5 Å². The summed E-state index contributed by atoms with van der Waals surface area (Å²) in [7, 11) is 0. The Morgan fingerprint density at radius 2 is 1.94 bits per heavy atom. The van der Waals surface area contributed by atoms with E-state index in [2.05, 4.69) is 10.4 Å². The molecule has 0 saturated heterocycles. The number of hydrogen-bond acceptors (Lipinski definition) is 4. The van der Waals surface area contributed by atoms with E-state index in [4.69, 9.17) is 11.6 Å². The molecule has 4 aromatic rings. The van der Waals surface area contributed by atoms with Gasteiger partial charge in [0.05, 0.1) is 11.4 Å². The smallest absolute Gasteiger partial charge is 0.277 e. The third kappa shape index (κ3) is 4.02. The molecule has 2 aromatic heterocycles. The van der Waals surface area contributed by atoms with Crippen LogP contribution in [-0.4, -0.2) is 27.1 Å². The van der Waals surface area contributed by atoms with Gasteiger partial charge in [0.15, 0.2) is 0 Å². The van der Waals surface area contributed by atoms with Crippen LogP contribution in [0.25, 0.3) is 10.6 Å². The lowest BCUT2D eigenvalue weighted by Crippen LogP contribution is -2.64. The van der Waals surface area contributed by atoms with Gasteiger partial charge in [-0.15, -0.1) is 11.3 Å². The van der Waals surface area contributed by atoms with Crippen molar-refractivity contribution in [2.24, 2.45) is 0 Å². The van der Waals surface area contributed by atoms with E-state index >= 15 is 0 Å². The fourth-order valence-corrected chi connectivity index (χ4v) is 5.09. The van der Waals surface area contributed by atoms with E-state index in [0.717, 1.165) is 16.0 Å². The maximum Gasteiger partial charge on any atom is 0.277 e. The number of aryl methyl sites for hydroxylation is 1. The molecule has 0 saturated carbocycles. The zero-order chi connectivity index (χ0) is 23.9. The van der Waals surface area contributed by atoms with Gasteiger partial charge in [-0.3, -0.25) is 19.2 Å². The number of anilines is 1. The lowest BCUT2D eigenvalue weighted by molar-refractivity contribution is -0.126. The number of nitrogens with one attached hydrogen (secondary N) is 1. The van der Waals surface area contributed by atoms with Gasteiger partial charge >= 0.3 is 0 Å². The first-order chi connectivity index (χ1) is 16.3. The Morgan fingerprint density at radius 1 is 1.15 bits per heavy atom. The quantitative estimate of drug-likeness (QED) is 0.412. The summed E-state index contributed by atoms with van der Waals surface area (Å²) in [4.78, 5) is 29.9. The topological polar surface area (TPSA) is 67.2 Å². The first kappa shape index (κ1) is 22.4. The molecule has 1 atom stereocenters. The number of rotatable bonds is 5. The highest BCUT2D eigenvalue weighted by atomic mass is 35.5. The summed E-state index contributed by atoms with van der Waals surface area (Å²) in [6.45, 7) is 4.36. The Bertz CT molecular complexity index is 1360. The largest absolute Gasteiger partial charge is 0.350 e. The van der Waals surface area contributed by atoms with Crippen molar-refractivity contribution in [1.82, 2.24) is 15.1 Å². The summed E-state index contributed by atoms with van der Waals surface area (Å²) in [6, 6.07) is 20.7. The summed E-state index contributed by atoms with van der Waals surface area (Å²) in [5, 5.41) is 10.2. The van der Waals surface area contributed by atoms with Crippen LogP contribution in [0, 0.1) is 6.92 Å². The third-order valence-electron chi connectivity index (χ3n) is 6.06. The number of benzene rings is 2. The zero-order valence-electron chi connectivity index (χ0n) is 18.8. The SMILES string of the molecule is Cc1ccc(CNC(=O)C2(C)Cn3nc(-c4cccs4)cc3C(=O)N2c2cccc(Cl)c2)cc1. The highest BCUT2D eigenvalue weighted by Gasteiger charge is 2.49. The predicted molar refractivity (Wildman–Crippen MR) is 135 cm³/mol. The molecule has 3 heterocycles. The molecule has 0 spiro atoms. The van der Waals surface area contributed by atoms with Crippen LogP contribution in [0.15, 0.2) is 72.1 Å². The van der Waals surface area contributed by atoms with Gasteiger partial charge in [-0.05, 0) is 55.1 Å². The number of nitrogens with zero attached hydrogens (tertiary/aromatic N) is 3. The van der Waals surface area contributed by atoms with Crippen LogP contribution in [0.1, 0.15) is 28.5 Å². The molecule has 6 nitrogen and oxygen atoms in total. The summed E-state index contributed by atoms with van der Waals surface area (Å²) >= 11 is 7.81. The van der Waals surface area contributed by atoms with Crippen LogP contribution in [0.5, 0.6) is 0 Å². The van der Waals surface area contributed by atoms with Crippen molar-refractivity contribution in [3.05, 3.63) is 94.0 Å². The van der Waals surface area contributed by atoms with Crippen molar-refractivity contribution in [2.75, 3.05) is 4.90 Å². The van der Waals surface area contributed by atoms with Gasteiger partial charge in [0.1, 0.15) is 16.9 Å². The van der Waals surface area contributed by atoms with Crippen molar-refractivity contribution in [3.8, 4) is 10.6 Å². The van der Waals surface area contributed by atoms with Crippen molar-refractivity contribution in [3.63, 3.8) is 0 Å². The second kappa shape index (κ2) is 8.74. The van der Waals surface area contributed by atoms with Gasteiger partial charge in [-0.25, -0.2) is 0 Å². The van der Waals surface area contributed by atoms with Crippen LogP contribution < -0.4 is 10.2 Å². The predicted octanol–water partition coefficient (Wildman–Crippen LogP) is 5.31. The average molecular weight is 491 g/mol. The lowest BCUT2D eigenvalue weighted by Gasteiger charge is -2.43. The average Bonchev–Trinajstić information content (AvgIpc) is 3.48. The maximum absolute atomic E-state index is 13.8. The van der Waals surface area contributed by atoms with Crippen LogP contribution in [-0.2, 0) is 17.9 Å². The Morgan fingerprint density at radius 3 is 2.65 bits per heavy atom. The first-order valence-corrected chi connectivity index (χ1v) is 12.2. The van der Waals surface area contributed by atoms with Gasteiger partial charge in [0, 0.05) is 17.3 Å². The van der Waals surface area contributed by atoms with Crippen molar-refractivity contribution in [1.29, 1.82) is 0 Å². The molecule has 2 aromatic carbocycles. The summed E-state index contributed by atoms with van der Waals surface area (Å²) in [5.41, 5.74) is 2.65. The second-order valence-corrected chi connectivity index (χ2v) is 10.00. The highest BCUT2D eigenvalue weighted by Crippen LogP contribution is 2.35. The molecular weight excluding hydrogens is 468 g/mol. The molecule has 1 N–H and O–H groups in total. The van der Waals surface area contributed by atoms with E-state index in [1.54, 1.807) is 58.2 Å². The fourth-order valence-electron chi connectivity index (χ4n) is 4.22. The third-order valence-corrected chi connectivity index (χ3v) is 7.18. The van der Waals surface area contributed by atoms with Gasteiger partial charge in [-0.1, -0.05) is 53.6 Å². The van der Waals surface area contributed by atoms with E-state index in [-0.39, 0.29) is 18.4 Å². The minimum atomic E-state index is -1.21. The molecule has 0 aliphatic carbocycles. The van der Waals surface area contributed by atoms with E-state index in [1.807, 2.05) is 48.7 Å². The molecule has 2 amide bonds. The molecule has 8 heteroatoms. The molecule has 5 rings (SSSR count). The Labute approximate surface area is 206 Å². The second-order valence-electron chi connectivity index (χ2n) is 8.61. The van der Waals surface area contributed by atoms with Gasteiger partial charge in [0.2, 0.25) is 5.91 Å². The first-order valence-electron chi connectivity index (χ1n) is 10.9. The Balaban J connectivity index is 1.53. The van der Waals surface area contributed by atoms with Crippen molar-refractivity contribution >= 4 is 40.4 Å².